The highest BCUT2D eigenvalue weighted by molar-refractivity contribution is 7.98. The van der Waals surface area contributed by atoms with E-state index >= 15 is 0 Å². The van der Waals surface area contributed by atoms with Gasteiger partial charge in [-0.3, -0.25) is 4.98 Å². The van der Waals surface area contributed by atoms with Crippen molar-refractivity contribution in [3.63, 3.8) is 0 Å². The third-order valence-electron chi connectivity index (χ3n) is 3.88. The molecule has 0 fully saturated rings. The van der Waals surface area contributed by atoms with Crippen molar-refractivity contribution in [1.82, 2.24) is 10.3 Å². The number of hydrogen-bond donors (Lipinski definition) is 2. The summed E-state index contributed by atoms with van der Waals surface area (Å²) in [5.41, 5.74) is 0.710. The monoisotopic (exact) mass is 385 g/mol. The summed E-state index contributed by atoms with van der Waals surface area (Å²) in [7, 11) is 0. The molecular weight excluding hydrogens is 365 g/mol. The van der Waals surface area contributed by atoms with Gasteiger partial charge in [0.2, 0.25) is 0 Å². The van der Waals surface area contributed by atoms with Crippen LogP contribution in [0.2, 0.25) is 0 Å². The topological polar surface area (TPSA) is 63.2 Å². The SMILES string of the molecule is CSCC(COc1cccc(F)c1)NC(=O)Nc1cccc2cnccc12. The molecule has 0 aliphatic carbocycles. The minimum absolute atomic E-state index is 0.222. The summed E-state index contributed by atoms with van der Waals surface area (Å²) in [6, 6.07) is 12.9. The molecule has 0 saturated heterocycles. The van der Waals surface area contributed by atoms with E-state index in [9.17, 15) is 9.18 Å². The second kappa shape index (κ2) is 9.23. The summed E-state index contributed by atoms with van der Waals surface area (Å²) in [5, 5.41) is 7.66. The molecule has 1 atom stereocenters. The Morgan fingerprint density at radius 1 is 1.26 bits per heavy atom. The normalized spacial score (nSPS) is 11.8. The molecule has 2 aromatic carbocycles. The summed E-state index contributed by atoms with van der Waals surface area (Å²) in [5.74, 6) is 0.747. The Morgan fingerprint density at radius 3 is 2.93 bits per heavy atom. The van der Waals surface area contributed by atoms with Gasteiger partial charge < -0.3 is 15.4 Å². The summed E-state index contributed by atoms with van der Waals surface area (Å²) in [6.45, 7) is 0.247. The number of halogens is 1. The molecule has 0 aliphatic heterocycles. The quantitative estimate of drug-likeness (QED) is 0.636. The number of fused-ring (bicyclic) bond motifs is 1. The largest absolute Gasteiger partial charge is 0.491 e. The first-order valence-electron chi connectivity index (χ1n) is 8.43. The Labute approximate surface area is 161 Å². The van der Waals surface area contributed by atoms with E-state index in [0.29, 0.717) is 17.2 Å². The van der Waals surface area contributed by atoms with Crippen molar-refractivity contribution in [3.05, 3.63) is 66.7 Å². The van der Waals surface area contributed by atoms with Gasteiger partial charge in [0.15, 0.2) is 0 Å². The molecule has 5 nitrogen and oxygen atoms in total. The van der Waals surface area contributed by atoms with Crippen LogP contribution in [0.15, 0.2) is 60.9 Å². The molecule has 0 radical (unpaired) electrons. The van der Waals surface area contributed by atoms with Gasteiger partial charge in [0.05, 0.1) is 11.7 Å². The zero-order valence-electron chi connectivity index (χ0n) is 14.8. The summed E-state index contributed by atoms with van der Waals surface area (Å²) in [4.78, 5) is 16.5. The number of hydrogen-bond acceptors (Lipinski definition) is 4. The van der Waals surface area contributed by atoms with Gasteiger partial charge >= 0.3 is 6.03 Å². The highest BCUT2D eigenvalue weighted by Gasteiger charge is 2.14. The molecule has 1 heterocycles. The molecule has 1 aromatic heterocycles. The van der Waals surface area contributed by atoms with Gasteiger partial charge in [0.1, 0.15) is 18.2 Å². The summed E-state index contributed by atoms with van der Waals surface area (Å²) >= 11 is 1.59. The Kier molecular flexibility index (Phi) is 6.49. The molecule has 1 unspecified atom stereocenters. The van der Waals surface area contributed by atoms with Crippen LogP contribution in [-0.4, -0.2) is 35.7 Å². The molecule has 140 valence electrons. The van der Waals surface area contributed by atoms with Gasteiger partial charge in [0.25, 0.3) is 0 Å². The van der Waals surface area contributed by atoms with Crippen molar-refractivity contribution in [1.29, 1.82) is 0 Å². The maximum Gasteiger partial charge on any atom is 0.319 e. The van der Waals surface area contributed by atoms with E-state index < -0.39 is 0 Å². The number of carbonyl (C=O) groups is 1. The fourth-order valence-electron chi connectivity index (χ4n) is 2.66. The fourth-order valence-corrected chi connectivity index (χ4v) is 3.24. The van der Waals surface area contributed by atoms with Crippen LogP contribution < -0.4 is 15.4 Å². The molecule has 2 N–H and O–H groups in total. The van der Waals surface area contributed by atoms with Crippen LogP contribution in [0.25, 0.3) is 10.8 Å². The van der Waals surface area contributed by atoms with E-state index in [4.69, 9.17) is 4.74 Å². The molecule has 27 heavy (non-hydrogen) atoms. The first-order valence-corrected chi connectivity index (χ1v) is 9.82. The van der Waals surface area contributed by atoms with Crippen LogP contribution in [0.5, 0.6) is 5.75 Å². The maximum atomic E-state index is 13.3. The average Bonchev–Trinajstić information content (AvgIpc) is 2.67. The second-order valence-corrected chi connectivity index (χ2v) is 6.83. The summed E-state index contributed by atoms with van der Waals surface area (Å²) in [6.07, 6.45) is 5.39. The number of rotatable bonds is 7. The maximum absolute atomic E-state index is 13.3. The smallest absolute Gasteiger partial charge is 0.319 e. The van der Waals surface area contributed by atoms with Crippen LogP contribution in [-0.2, 0) is 0 Å². The third-order valence-corrected chi connectivity index (χ3v) is 4.61. The van der Waals surface area contributed by atoms with E-state index in [1.807, 2.05) is 30.5 Å². The first kappa shape index (κ1) is 19.0. The van der Waals surface area contributed by atoms with Gasteiger partial charge in [-0.05, 0) is 30.5 Å². The van der Waals surface area contributed by atoms with Crippen molar-refractivity contribution in [2.45, 2.75) is 6.04 Å². The lowest BCUT2D eigenvalue weighted by Gasteiger charge is -2.19. The van der Waals surface area contributed by atoms with E-state index in [2.05, 4.69) is 15.6 Å². The third kappa shape index (κ3) is 5.34. The lowest BCUT2D eigenvalue weighted by Crippen LogP contribution is -2.43. The molecule has 0 spiro atoms. The molecule has 2 amide bonds. The summed E-state index contributed by atoms with van der Waals surface area (Å²) < 4.78 is 18.9. The predicted octanol–water partition coefficient (Wildman–Crippen LogP) is 4.31. The number of nitrogens with one attached hydrogen (secondary N) is 2. The molecule has 0 saturated carbocycles. The van der Waals surface area contributed by atoms with Gasteiger partial charge in [-0.1, -0.05) is 18.2 Å². The average molecular weight is 385 g/mol. The molecule has 3 rings (SSSR count). The zero-order chi connectivity index (χ0) is 19.1. The highest BCUT2D eigenvalue weighted by atomic mass is 32.2. The Morgan fingerprint density at radius 2 is 2.11 bits per heavy atom. The van der Waals surface area contributed by atoms with Gasteiger partial charge in [-0.15, -0.1) is 0 Å². The van der Waals surface area contributed by atoms with E-state index in [-0.39, 0.29) is 24.5 Å². The zero-order valence-corrected chi connectivity index (χ0v) is 15.6. The number of anilines is 1. The number of amides is 2. The predicted molar refractivity (Wildman–Crippen MR) is 108 cm³/mol. The number of nitrogens with zero attached hydrogens (tertiary/aromatic N) is 1. The number of benzene rings is 2. The van der Waals surface area contributed by atoms with Gasteiger partial charge in [-0.2, -0.15) is 11.8 Å². The van der Waals surface area contributed by atoms with Crippen molar-refractivity contribution < 1.29 is 13.9 Å². The van der Waals surface area contributed by atoms with Crippen molar-refractivity contribution in [2.75, 3.05) is 23.9 Å². The number of urea groups is 1. The Hall–Kier alpha value is -2.80. The molecule has 7 heteroatoms. The van der Waals surface area contributed by atoms with E-state index in [1.165, 1.54) is 12.1 Å². The number of pyridine rings is 1. The molecule has 0 aliphatic rings. The van der Waals surface area contributed by atoms with Crippen molar-refractivity contribution >= 4 is 34.3 Å². The Balaban J connectivity index is 1.62. The standard InChI is InChI=1S/C20H20FN3O2S/c1-27-13-16(12-26-17-6-3-5-15(21)10-17)23-20(25)24-19-7-2-4-14-11-22-9-8-18(14)19/h2-11,16H,12-13H2,1H3,(H2,23,24,25). The minimum atomic E-state index is -0.356. The minimum Gasteiger partial charge on any atom is -0.491 e. The number of aromatic nitrogens is 1. The first-order chi connectivity index (χ1) is 13.2. The second-order valence-electron chi connectivity index (χ2n) is 5.92. The van der Waals surface area contributed by atoms with Crippen LogP contribution in [0.1, 0.15) is 0 Å². The molecular formula is C20H20FN3O2S. The lowest BCUT2D eigenvalue weighted by molar-refractivity contribution is 0.237. The lowest BCUT2D eigenvalue weighted by atomic mass is 10.1. The highest BCUT2D eigenvalue weighted by Crippen LogP contribution is 2.22. The fraction of sp³-hybridized carbons (Fsp3) is 0.200. The van der Waals surface area contributed by atoms with Gasteiger partial charge in [-0.25, -0.2) is 9.18 Å². The van der Waals surface area contributed by atoms with Gasteiger partial charge in [0, 0.05) is 35.0 Å². The van der Waals surface area contributed by atoms with Crippen LogP contribution in [0.3, 0.4) is 0 Å². The molecule has 3 aromatic rings. The number of thioether (sulfide) groups is 1. The number of ether oxygens (including phenoxy) is 1. The van der Waals surface area contributed by atoms with Crippen LogP contribution in [0, 0.1) is 5.82 Å². The van der Waals surface area contributed by atoms with E-state index in [1.54, 1.807) is 36.3 Å². The van der Waals surface area contributed by atoms with Crippen LogP contribution in [0.4, 0.5) is 14.9 Å². The van der Waals surface area contributed by atoms with Crippen molar-refractivity contribution in [3.8, 4) is 5.75 Å². The van der Waals surface area contributed by atoms with Crippen molar-refractivity contribution in [2.24, 2.45) is 0 Å². The Bertz CT molecular complexity index is 917. The van der Waals surface area contributed by atoms with Crippen LogP contribution >= 0.6 is 11.8 Å². The number of carbonyl (C=O) groups excluding carboxylic acids is 1. The van der Waals surface area contributed by atoms with E-state index in [0.717, 1.165) is 10.8 Å². The molecule has 0 bridgehead atoms.